The van der Waals surface area contributed by atoms with Crippen molar-refractivity contribution in [2.45, 2.75) is 6.92 Å². The molecule has 5 heavy (non-hydrogen) atoms. The molecule has 0 radical (unpaired) electrons. The van der Waals surface area contributed by atoms with E-state index in [9.17, 15) is 0 Å². The van der Waals surface area contributed by atoms with Gasteiger partial charge < -0.3 is 4.79 Å². The standard InChI is InChI=1S/C2H3O.O.Zn/c1-2-3;;/h1H3;;/q-1;;. The number of hydrogen-bond acceptors (Lipinski definition) is 2. The molecule has 2 nitrogen and oxygen atoms in total. The van der Waals surface area contributed by atoms with Crippen molar-refractivity contribution in [2.24, 2.45) is 0 Å². The third-order valence-corrected chi connectivity index (χ3v) is 0. The average molecular weight is 124 g/mol. The van der Waals surface area contributed by atoms with E-state index in [1.165, 1.54) is 13.2 Å². The Balaban J connectivity index is 0. The molecule has 0 spiro atoms. The van der Waals surface area contributed by atoms with Gasteiger partial charge in [0.25, 0.3) is 0 Å². The van der Waals surface area contributed by atoms with Crippen LogP contribution in [0.15, 0.2) is 0 Å². The van der Waals surface area contributed by atoms with E-state index < -0.39 is 0 Å². The van der Waals surface area contributed by atoms with Crippen molar-refractivity contribution in [3.8, 4) is 0 Å². The van der Waals surface area contributed by atoms with Crippen molar-refractivity contribution >= 4 is 6.29 Å². The van der Waals surface area contributed by atoms with Crippen LogP contribution in [0, 0.1) is 0 Å². The first-order valence-electron chi connectivity index (χ1n) is 0.993. The Morgan fingerprint density at radius 2 is 1.60 bits per heavy atom. The van der Waals surface area contributed by atoms with Crippen LogP contribution in [0.5, 0.6) is 0 Å². The van der Waals surface area contributed by atoms with Crippen molar-refractivity contribution in [1.29, 1.82) is 0 Å². The molecule has 0 aliphatic rings. The summed E-state index contributed by atoms with van der Waals surface area (Å²) in [4.78, 5) is 8.68. The maximum absolute atomic E-state index is 8.68. The Hall–Kier alpha value is 0.0934. The van der Waals surface area contributed by atoms with Gasteiger partial charge >= 0.3 is 21.8 Å². The van der Waals surface area contributed by atoms with Crippen molar-refractivity contribution in [2.75, 3.05) is 0 Å². The fraction of sp³-hybridized carbons (Fsp3) is 0.500. The second-order valence-electron chi connectivity index (χ2n) is 0.204. The van der Waals surface area contributed by atoms with E-state index in [0.717, 1.165) is 0 Å². The van der Waals surface area contributed by atoms with Crippen LogP contribution < -0.4 is 0 Å². The molecule has 0 fully saturated rings. The summed E-state index contributed by atoms with van der Waals surface area (Å²) in [6.45, 7) is 1.32. The summed E-state index contributed by atoms with van der Waals surface area (Å²) in [5.41, 5.74) is 0. The zero-order valence-electron chi connectivity index (χ0n) is 3.02. The SMILES string of the molecule is C[C-]=O.[O]=[Zn]. The molecule has 0 aliphatic heterocycles. The monoisotopic (exact) mass is 123 g/mol. The van der Waals surface area contributed by atoms with Crippen LogP contribution in [0.1, 0.15) is 6.92 Å². The molecule has 0 saturated carbocycles. The summed E-state index contributed by atoms with van der Waals surface area (Å²) < 4.78 is 8.38. The van der Waals surface area contributed by atoms with Crippen LogP contribution in [-0.4, -0.2) is 6.29 Å². The summed E-state index contributed by atoms with van der Waals surface area (Å²) in [7, 11) is 0. The Morgan fingerprint density at radius 1 is 1.60 bits per heavy atom. The maximum atomic E-state index is 8.68. The van der Waals surface area contributed by atoms with Crippen LogP contribution >= 0.6 is 0 Å². The van der Waals surface area contributed by atoms with Gasteiger partial charge in [0.2, 0.25) is 0 Å². The Labute approximate surface area is 40.5 Å². The molecule has 0 rings (SSSR count). The molecule has 0 aliphatic carbocycles. The molecule has 0 aromatic heterocycles. The third-order valence-electron chi connectivity index (χ3n) is 0. The summed E-state index contributed by atoms with van der Waals surface area (Å²) in [6.07, 6.45) is 1.50. The summed E-state index contributed by atoms with van der Waals surface area (Å²) in [5.74, 6) is 0. The van der Waals surface area contributed by atoms with E-state index in [4.69, 9.17) is 8.37 Å². The van der Waals surface area contributed by atoms with Crippen molar-refractivity contribution in [3.05, 3.63) is 0 Å². The zero-order chi connectivity index (χ0) is 4.71. The number of hydrogen-bond donors (Lipinski definition) is 0. The molecule has 0 bridgehead atoms. The first-order chi connectivity index (χ1) is 2.41. The minimum absolute atomic E-state index is 0.125. The fourth-order valence-electron chi connectivity index (χ4n) is 0. The molecule has 0 heterocycles. The van der Waals surface area contributed by atoms with Gasteiger partial charge in [-0.1, -0.05) is 0 Å². The summed E-state index contributed by atoms with van der Waals surface area (Å²) >= 11 is 0.125. The minimum atomic E-state index is 0.125. The quantitative estimate of drug-likeness (QED) is 0.336. The Kier molecular flexibility index (Phi) is 58.4. The topological polar surface area (TPSA) is 34.1 Å². The number of rotatable bonds is 0. The van der Waals surface area contributed by atoms with Gasteiger partial charge in [-0.3, -0.25) is 6.29 Å². The predicted molar refractivity (Wildman–Crippen MR) is 12.1 cm³/mol. The molecular weight excluding hydrogens is 121 g/mol. The molecule has 3 heteroatoms. The van der Waals surface area contributed by atoms with E-state index >= 15 is 0 Å². The molecule has 0 aromatic carbocycles. The van der Waals surface area contributed by atoms with Crippen molar-refractivity contribution in [3.63, 3.8) is 0 Å². The van der Waals surface area contributed by atoms with Gasteiger partial charge in [0.1, 0.15) is 0 Å². The average Bonchev–Trinajstić information content (AvgIpc) is 1.46. The van der Waals surface area contributed by atoms with Gasteiger partial charge in [0.15, 0.2) is 0 Å². The van der Waals surface area contributed by atoms with Gasteiger partial charge in [-0.25, -0.2) is 0 Å². The van der Waals surface area contributed by atoms with E-state index in [2.05, 4.69) is 0 Å². The molecule has 0 N–H and O–H groups in total. The van der Waals surface area contributed by atoms with Gasteiger partial charge in [0, 0.05) is 0 Å². The summed E-state index contributed by atoms with van der Waals surface area (Å²) in [6, 6.07) is 0. The normalized spacial score (nSPS) is 3.80. The molecule has 0 unspecified atom stereocenters. The molecule has 0 atom stereocenters. The van der Waals surface area contributed by atoms with E-state index in [1.54, 1.807) is 0 Å². The van der Waals surface area contributed by atoms with E-state index in [-0.39, 0.29) is 18.3 Å². The summed E-state index contributed by atoms with van der Waals surface area (Å²) in [5, 5.41) is 0. The molecular formula is C2H3O2Zn-. The second-order valence-corrected chi connectivity index (χ2v) is 0.204. The second kappa shape index (κ2) is 32.8. The molecule has 0 saturated heterocycles. The Morgan fingerprint density at radius 3 is 1.60 bits per heavy atom. The third kappa shape index (κ3) is 2060. The zero-order valence-corrected chi connectivity index (χ0v) is 5.99. The van der Waals surface area contributed by atoms with Crippen LogP contribution in [0.3, 0.4) is 0 Å². The van der Waals surface area contributed by atoms with Crippen molar-refractivity contribution in [1.82, 2.24) is 0 Å². The van der Waals surface area contributed by atoms with Gasteiger partial charge in [-0.2, -0.15) is 6.92 Å². The fourth-order valence-corrected chi connectivity index (χ4v) is 0. The molecule has 0 amide bonds. The number of carbonyl (C=O) groups excluding carboxylic acids is 1. The van der Waals surface area contributed by atoms with Crippen LogP contribution in [-0.2, 0) is 26.6 Å². The first-order valence-corrected chi connectivity index (χ1v) is 2.20. The van der Waals surface area contributed by atoms with Gasteiger partial charge in [-0.05, 0) is 0 Å². The van der Waals surface area contributed by atoms with Crippen molar-refractivity contribution < 1.29 is 26.6 Å². The van der Waals surface area contributed by atoms with Crippen LogP contribution in [0.25, 0.3) is 0 Å². The van der Waals surface area contributed by atoms with E-state index in [0.29, 0.717) is 0 Å². The predicted octanol–water partition coefficient (Wildman–Crippen LogP) is -0.00530. The van der Waals surface area contributed by atoms with E-state index in [1.807, 2.05) is 0 Å². The van der Waals surface area contributed by atoms with Crippen LogP contribution in [0.4, 0.5) is 0 Å². The Bertz CT molecular complexity index is 21.6. The van der Waals surface area contributed by atoms with Crippen LogP contribution in [0.2, 0.25) is 0 Å². The molecule has 26 valence electrons. The molecule has 0 aromatic rings. The van der Waals surface area contributed by atoms with Gasteiger partial charge in [-0.15, -0.1) is 0 Å². The first kappa shape index (κ1) is 8.92. The van der Waals surface area contributed by atoms with Gasteiger partial charge in [0.05, 0.1) is 0 Å².